The van der Waals surface area contributed by atoms with Gasteiger partial charge in [-0.05, 0) is 51.4 Å². The van der Waals surface area contributed by atoms with E-state index in [0.29, 0.717) is 25.9 Å². The topological polar surface area (TPSA) is 95.9 Å². The summed E-state index contributed by atoms with van der Waals surface area (Å²) in [6, 6.07) is -0.541. The number of hydrogen-bond acceptors (Lipinski definition) is 5. The van der Waals surface area contributed by atoms with Crippen LogP contribution in [0.5, 0.6) is 0 Å². The molecule has 6 heteroatoms. The largest absolute Gasteiger partial charge is 0.466 e. The molecule has 0 aliphatic carbocycles. The number of carbonyl (C=O) groups is 2. The lowest BCUT2D eigenvalue weighted by molar-refractivity contribution is -0.143. The summed E-state index contributed by atoms with van der Waals surface area (Å²) in [5.74, 6) is -0.0257. The zero-order chi connectivity index (χ0) is 48.6. The highest BCUT2D eigenvalue weighted by Crippen LogP contribution is 2.18. The number of carbonyl (C=O) groups excluding carboxylic acids is 2. The summed E-state index contributed by atoms with van der Waals surface area (Å²) in [6.45, 7) is 4.95. The van der Waals surface area contributed by atoms with Crippen molar-refractivity contribution in [2.24, 2.45) is 0 Å². The number of aliphatic hydroxyl groups excluding tert-OH is 2. The predicted molar refractivity (Wildman–Crippen MR) is 292 cm³/mol. The van der Waals surface area contributed by atoms with Crippen molar-refractivity contribution in [3.63, 3.8) is 0 Å². The molecule has 0 rings (SSSR count). The highest BCUT2D eigenvalue weighted by atomic mass is 16.5. The van der Waals surface area contributed by atoms with Crippen LogP contribution in [0, 0.1) is 0 Å². The third-order valence-electron chi connectivity index (χ3n) is 14.3. The molecule has 2 unspecified atom stereocenters. The second-order valence-corrected chi connectivity index (χ2v) is 21.0. The van der Waals surface area contributed by atoms with Crippen molar-refractivity contribution in [1.82, 2.24) is 5.32 Å². The van der Waals surface area contributed by atoms with Crippen LogP contribution in [0.15, 0.2) is 12.2 Å². The molecule has 0 aliphatic rings. The summed E-state index contributed by atoms with van der Waals surface area (Å²) >= 11 is 0. The van der Waals surface area contributed by atoms with Crippen molar-refractivity contribution in [3.8, 4) is 0 Å². The Morgan fingerprint density at radius 2 is 0.701 bits per heavy atom. The van der Waals surface area contributed by atoms with Crippen LogP contribution in [0.2, 0.25) is 0 Å². The first-order valence-electron chi connectivity index (χ1n) is 30.4. The highest BCUT2D eigenvalue weighted by Gasteiger charge is 2.20. The van der Waals surface area contributed by atoms with E-state index in [9.17, 15) is 19.8 Å². The van der Waals surface area contributed by atoms with Gasteiger partial charge in [-0.15, -0.1) is 0 Å². The fraction of sp³-hybridized carbons (Fsp3) is 0.934. The van der Waals surface area contributed by atoms with E-state index in [1.54, 1.807) is 0 Å². The van der Waals surface area contributed by atoms with Crippen molar-refractivity contribution >= 4 is 11.9 Å². The summed E-state index contributed by atoms with van der Waals surface area (Å²) in [4.78, 5) is 24.5. The van der Waals surface area contributed by atoms with Gasteiger partial charge < -0.3 is 20.3 Å². The summed E-state index contributed by atoms with van der Waals surface area (Å²) < 4.78 is 5.50. The Hall–Kier alpha value is -1.40. The minimum Gasteiger partial charge on any atom is -0.466 e. The third kappa shape index (κ3) is 53.8. The van der Waals surface area contributed by atoms with Crippen molar-refractivity contribution in [2.75, 3.05) is 13.2 Å². The average Bonchev–Trinajstić information content (AvgIpc) is 3.33. The van der Waals surface area contributed by atoms with E-state index in [2.05, 4.69) is 31.3 Å². The first-order chi connectivity index (χ1) is 33.0. The van der Waals surface area contributed by atoms with Gasteiger partial charge in [0.2, 0.25) is 5.91 Å². The number of hydrogen-bond donors (Lipinski definition) is 3. The molecule has 67 heavy (non-hydrogen) atoms. The number of nitrogens with one attached hydrogen (secondary N) is 1. The standard InChI is InChI=1S/C61H119NO5/c1-3-5-7-9-11-13-15-16-17-18-21-25-28-31-35-39-43-47-51-55-61(66)67-56-52-48-44-40-36-32-29-26-23-20-19-22-24-27-30-34-38-42-46-50-54-60(65)62-58(57-63)59(64)53-49-45-41-37-33-14-12-10-8-6-4-2/h16-17,58-59,63-64H,3-15,18-57H2,1-2H3,(H,62,65)/b17-16-. The molecule has 0 aromatic rings. The molecule has 0 spiro atoms. The van der Waals surface area contributed by atoms with Crippen LogP contribution in [0.4, 0.5) is 0 Å². The predicted octanol–water partition coefficient (Wildman–Crippen LogP) is 18.9. The molecular formula is C61H119NO5. The van der Waals surface area contributed by atoms with E-state index in [4.69, 9.17) is 4.74 Å². The zero-order valence-corrected chi connectivity index (χ0v) is 45.4. The number of allylic oxidation sites excluding steroid dienone is 2. The summed E-state index contributed by atoms with van der Waals surface area (Å²) in [6.07, 6.45) is 67.9. The zero-order valence-electron chi connectivity index (χ0n) is 45.4. The van der Waals surface area contributed by atoms with Gasteiger partial charge in [0.25, 0.3) is 0 Å². The first kappa shape index (κ1) is 65.6. The smallest absolute Gasteiger partial charge is 0.305 e. The molecule has 3 N–H and O–H groups in total. The van der Waals surface area contributed by atoms with Crippen molar-refractivity contribution in [3.05, 3.63) is 12.2 Å². The molecule has 0 radical (unpaired) electrons. The van der Waals surface area contributed by atoms with Crippen molar-refractivity contribution in [2.45, 2.75) is 353 Å². The maximum atomic E-state index is 12.4. The molecule has 1 amide bonds. The molecule has 0 bridgehead atoms. The number of esters is 1. The van der Waals surface area contributed by atoms with Crippen LogP contribution >= 0.6 is 0 Å². The van der Waals surface area contributed by atoms with E-state index in [-0.39, 0.29) is 18.5 Å². The molecule has 0 saturated heterocycles. The number of amides is 1. The molecule has 6 nitrogen and oxygen atoms in total. The van der Waals surface area contributed by atoms with Crippen LogP contribution in [-0.4, -0.2) is 47.4 Å². The van der Waals surface area contributed by atoms with Gasteiger partial charge in [-0.2, -0.15) is 0 Å². The van der Waals surface area contributed by atoms with Crippen LogP contribution in [0.25, 0.3) is 0 Å². The first-order valence-corrected chi connectivity index (χ1v) is 30.4. The SMILES string of the molecule is CCCCCCCC/C=C\CCCCCCCCCCCC(=O)OCCCCCCCCCCCCCCCCCCCCCCC(=O)NC(CO)C(O)CCCCCCCCCCCCC. The van der Waals surface area contributed by atoms with E-state index in [0.717, 1.165) is 44.9 Å². The van der Waals surface area contributed by atoms with Crippen LogP contribution in [-0.2, 0) is 14.3 Å². The third-order valence-corrected chi connectivity index (χ3v) is 14.3. The number of rotatable bonds is 57. The van der Waals surface area contributed by atoms with E-state index in [1.165, 1.54) is 263 Å². The van der Waals surface area contributed by atoms with Crippen LogP contribution in [0.3, 0.4) is 0 Å². The van der Waals surface area contributed by atoms with Gasteiger partial charge in [-0.3, -0.25) is 9.59 Å². The van der Waals surface area contributed by atoms with E-state index < -0.39 is 12.1 Å². The molecule has 0 fully saturated rings. The molecule has 0 aromatic carbocycles. The second kappa shape index (κ2) is 57.2. The lowest BCUT2D eigenvalue weighted by Crippen LogP contribution is -2.45. The normalized spacial score (nSPS) is 12.6. The molecule has 398 valence electrons. The fourth-order valence-electron chi connectivity index (χ4n) is 9.64. The Bertz CT molecular complexity index is 1000. The van der Waals surface area contributed by atoms with Gasteiger partial charge in [0, 0.05) is 12.8 Å². The monoisotopic (exact) mass is 946 g/mol. The molecule has 0 saturated carbocycles. The van der Waals surface area contributed by atoms with Gasteiger partial charge in [-0.25, -0.2) is 0 Å². The lowest BCUT2D eigenvalue weighted by atomic mass is 10.0. The molecule has 0 aromatic heterocycles. The average molecular weight is 947 g/mol. The molecule has 2 atom stereocenters. The number of ether oxygens (including phenoxy) is 1. The van der Waals surface area contributed by atoms with Gasteiger partial charge in [0.15, 0.2) is 0 Å². The minimum absolute atomic E-state index is 0.0108. The highest BCUT2D eigenvalue weighted by molar-refractivity contribution is 5.76. The summed E-state index contributed by atoms with van der Waals surface area (Å²) in [5.41, 5.74) is 0. The van der Waals surface area contributed by atoms with Gasteiger partial charge in [0.05, 0.1) is 25.4 Å². The van der Waals surface area contributed by atoms with Crippen molar-refractivity contribution < 1.29 is 24.5 Å². The maximum absolute atomic E-state index is 12.4. The maximum Gasteiger partial charge on any atom is 0.305 e. The second-order valence-electron chi connectivity index (χ2n) is 21.0. The van der Waals surface area contributed by atoms with Gasteiger partial charge in [-0.1, -0.05) is 289 Å². The van der Waals surface area contributed by atoms with Gasteiger partial charge in [0.1, 0.15) is 0 Å². The molecular weight excluding hydrogens is 827 g/mol. The summed E-state index contributed by atoms with van der Waals surface area (Å²) in [7, 11) is 0. The Labute approximate surface area is 419 Å². The lowest BCUT2D eigenvalue weighted by Gasteiger charge is -2.22. The molecule has 0 aliphatic heterocycles. The van der Waals surface area contributed by atoms with Crippen LogP contribution < -0.4 is 5.32 Å². The number of aliphatic hydroxyl groups is 2. The fourth-order valence-corrected chi connectivity index (χ4v) is 9.64. The Balaban J connectivity index is 3.35. The Kier molecular flexibility index (Phi) is 56.0. The summed E-state index contributed by atoms with van der Waals surface area (Å²) in [5, 5.41) is 23.2. The van der Waals surface area contributed by atoms with E-state index in [1.807, 2.05) is 0 Å². The number of unbranched alkanes of at least 4 members (excludes halogenated alkanes) is 44. The van der Waals surface area contributed by atoms with Crippen molar-refractivity contribution in [1.29, 1.82) is 0 Å². The Morgan fingerprint density at radius 3 is 1.06 bits per heavy atom. The Morgan fingerprint density at radius 1 is 0.403 bits per heavy atom. The van der Waals surface area contributed by atoms with Gasteiger partial charge >= 0.3 is 5.97 Å². The quantitative estimate of drug-likeness (QED) is 0.0321. The van der Waals surface area contributed by atoms with Crippen LogP contribution in [0.1, 0.15) is 341 Å². The van der Waals surface area contributed by atoms with E-state index >= 15 is 0 Å². The molecule has 0 heterocycles. The minimum atomic E-state index is -0.663.